The van der Waals surface area contributed by atoms with Gasteiger partial charge < -0.3 is 4.74 Å². The molecule has 0 spiro atoms. The molecule has 0 saturated carbocycles. The molecule has 0 radical (unpaired) electrons. The Bertz CT molecular complexity index is 918. The maximum absolute atomic E-state index is 13.9. The molecule has 2 rings (SSSR count). The smallest absolute Gasteiger partial charge is 0.267 e. The fourth-order valence-corrected chi connectivity index (χ4v) is 2.24. The maximum atomic E-state index is 13.9. The summed E-state index contributed by atoms with van der Waals surface area (Å²) in [6.07, 6.45) is 0.686. The second kappa shape index (κ2) is 6.70. The first-order valence-electron chi connectivity index (χ1n) is 6.21. The molecule has 128 valence electrons. The monoisotopic (exact) mass is 379 g/mol. The molecule has 0 aliphatic rings. The van der Waals surface area contributed by atoms with Crippen molar-refractivity contribution in [2.45, 2.75) is 0 Å². The van der Waals surface area contributed by atoms with Crippen molar-refractivity contribution in [3.8, 4) is 11.5 Å². The van der Waals surface area contributed by atoms with Gasteiger partial charge in [-0.2, -0.15) is 0 Å². The van der Waals surface area contributed by atoms with E-state index in [1.165, 1.54) is 10.8 Å². The maximum Gasteiger partial charge on any atom is 0.267 e. The average Bonchev–Trinajstić information content (AvgIpc) is 2.44. The minimum Gasteiger partial charge on any atom is -0.454 e. The molecule has 0 bridgehead atoms. The van der Waals surface area contributed by atoms with Gasteiger partial charge in [0.25, 0.3) is 5.91 Å². The van der Waals surface area contributed by atoms with Gasteiger partial charge in [0, 0.05) is 12.1 Å². The van der Waals surface area contributed by atoms with Gasteiger partial charge in [0.1, 0.15) is 17.4 Å². The molecule has 0 saturated heterocycles. The first-order chi connectivity index (χ1) is 11.1. The van der Waals surface area contributed by atoms with Crippen LogP contribution < -0.4 is 9.46 Å². The lowest BCUT2D eigenvalue weighted by atomic mass is 10.2. The summed E-state index contributed by atoms with van der Waals surface area (Å²) in [6.45, 7) is 0. The van der Waals surface area contributed by atoms with E-state index in [-0.39, 0.29) is 10.8 Å². The molecule has 0 atom stereocenters. The van der Waals surface area contributed by atoms with Crippen LogP contribution in [0.2, 0.25) is 5.02 Å². The number of ether oxygens (including phenoxy) is 1. The molecular weight excluding hydrogens is 371 g/mol. The fourth-order valence-electron chi connectivity index (χ4n) is 1.67. The number of sulfonamides is 1. The molecular formula is C14H9ClF3NO4S. The van der Waals surface area contributed by atoms with E-state index in [1.807, 2.05) is 0 Å². The van der Waals surface area contributed by atoms with Crippen molar-refractivity contribution < 1.29 is 31.1 Å². The number of hydrogen-bond acceptors (Lipinski definition) is 4. The molecule has 0 heterocycles. The van der Waals surface area contributed by atoms with Crippen molar-refractivity contribution in [3.63, 3.8) is 0 Å². The van der Waals surface area contributed by atoms with Gasteiger partial charge in [-0.25, -0.2) is 26.3 Å². The molecule has 2 aromatic carbocycles. The van der Waals surface area contributed by atoms with Crippen molar-refractivity contribution in [1.29, 1.82) is 0 Å². The first-order valence-corrected chi connectivity index (χ1v) is 8.48. The van der Waals surface area contributed by atoms with E-state index in [0.717, 1.165) is 12.1 Å². The number of amides is 1. The topological polar surface area (TPSA) is 72.5 Å². The highest BCUT2D eigenvalue weighted by atomic mass is 35.5. The molecule has 5 nitrogen and oxygen atoms in total. The van der Waals surface area contributed by atoms with Crippen LogP contribution in [-0.4, -0.2) is 20.6 Å². The fraction of sp³-hybridized carbons (Fsp3) is 0.0714. The van der Waals surface area contributed by atoms with Crippen LogP contribution in [0.3, 0.4) is 0 Å². The van der Waals surface area contributed by atoms with Gasteiger partial charge in [-0.1, -0.05) is 11.6 Å². The summed E-state index contributed by atoms with van der Waals surface area (Å²) in [6, 6.07) is 4.27. The van der Waals surface area contributed by atoms with E-state index in [2.05, 4.69) is 0 Å². The van der Waals surface area contributed by atoms with Crippen molar-refractivity contribution in [2.24, 2.45) is 0 Å². The van der Waals surface area contributed by atoms with Gasteiger partial charge in [-0.3, -0.25) is 4.79 Å². The molecule has 24 heavy (non-hydrogen) atoms. The second-order valence-electron chi connectivity index (χ2n) is 4.64. The predicted octanol–water partition coefficient (Wildman–Crippen LogP) is 3.24. The number of hydrogen-bond donors (Lipinski definition) is 1. The highest BCUT2D eigenvalue weighted by molar-refractivity contribution is 7.89. The van der Waals surface area contributed by atoms with Crippen molar-refractivity contribution in [2.75, 3.05) is 6.26 Å². The van der Waals surface area contributed by atoms with Crippen LogP contribution in [0.15, 0.2) is 30.3 Å². The number of rotatable bonds is 4. The van der Waals surface area contributed by atoms with E-state index < -0.39 is 44.7 Å². The number of benzene rings is 2. The number of carbonyl (C=O) groups is 1. The Labute approximate surface area is 140 Å². The standard InChI is InChI=1S/C14H9ClF3NO4S/c1-24(21,22)19-14(20)8-5-12(18)13(6-10(8)16)23-7-2-3-9(15)11(17)4-7/h2-6H,1H3,(H,19,20). The third-order valence-electron chi connectivity index (χ3n) is 2.66. The third kappa shape index (κ3) is 4.39. The van der Waals surface area contributed by atoms with Gasteiger partial charge in [0.05, 0.1) is 16.8 Å². The van der Waals surface area contributed by atoms with E-state index in [1.54, 1.807) is 0 Å². The molecule has 0 fully saturated rings. The van der Waals surface area contributed by atoms with Gasteiger partial charge >= 0.3 is 0 Å². The Kier molecular flexibility index (Phi) is 5.05. The van der Waals surface area contributed by atoms with Gasteiger partial charge in [-0.05, 0) is 18.2 Å². The number of carbonyl (C=O) groups excluding carboxylic acids is 1. The van der Waals surface area contributed by atoms with Crippen LogP contribution in [0.1, 0.15) is 10.4 Å². The number of halogens is 4. The minimum absolute atomic E-state index is 0.150. The van der Waals surface area contributed by atoms with E-state index in [0.29, 0.717) is 18.4 Å². The lowest BCUT2D eigenvalue weighted by Gasteiger charge is -2.10. The van der Waals surface area contributed by atoms with Crippen LogP contribution in [0.5, 0.6) is 11.5 Å². The molecule has 0 aromatic heterocycles. The summed E-state index contributed by atoms with van der Waals surface area (Å²) in [7, 11) is -3.94. The van der Waals surface area contributed by atoms with Crippen LogP contribution in [0.25, 0.3) is 0 Å². The predicted molar refractivity (Wildman–Crippen MR) is 80.2 cm³/mol. The largest absolute Gasteiger partial charge is 0.454 e. The minimum atomic E-state index is -3.94. The SMILES string of the molecule is CS(=O)(=O)NC(=O)c1cc(F)c(Oc2ccc(Cl)c(F)c2)cc1F. The van der Waals surface area contributed by atoms with E-state index in [4.69, 9.17) is 16.3 Å². The zero-order valence-corrected chi connectivity index (χ0v) is 13.5. The Hall–Kier alpha value is -2.26. The molecule has 2 aromatic rings. The quantitative estimate of drug-likeness (QED) is 0.885. The lowest BCUT2D eigenvalue weighted by molar-refractivity contribution is 0.0977. The summed E-state index contributed by atoms with van der Waals surface area (Å²) in [5.74, 6) is -5.29. The van der Waals surface area contributed by atoms with Crippen LogP contribution >= 0.6 is 11.6 Å². The average molecular weight is 380 g/mol. The zero-order chi connectivity index (χ0) is 18.1. The molecule has 0 unspecified atom stereocenters. The van der Waals surface area contributed by atoms with Crippen molar-refractivity contribution in [3.05, 3.63) is 58.4 Å². The van der Waals surface area contributed by atoms with Crippen molar-refractivity contribution >= 4 is 27.5 Å². The molecule has 1 N–H and O–H groups in total. The van der Waals surface area contributed by atoms with Gasteiger partial charge in [-0.15, -0.1) is 0 Å². The summed E-state index contributed by atoms with van der Waals surface area (Å²) < 4.78 is 69.6. The zero-order valence-electron chi connectivity index (χ0n) is 11.9. The summed E-state index contributed by atoms with van der Waals surface area (Å²) in [5, 5.41) is -0.179. The molecule has 0 aliphatic carbocycles. The molecule has 10 heteroatoms. The molecule has 1 amide bonds. The van der Waals surface area contributed by atoms with E-state index >= 15 is 0 Å². The normalized spacial score (nSPS) is 11.2. The summed E-state index contributed by atoms with van der Waals surface area (Å²) in [4.78, 5) is 11.6. The van der Waals surface area contributed by atoms with Crippen LogP contribution in [-0.2, 0) is 10.0 Å². The van der Waals surface area contributed by atoms with Gasteiger partial charge in [0.15, 0.2) is 11.6 Å². The first kappa shape index (κ1) is 18.1. The van der Waals surface area contributed by atoms with Crippen LogP contribution in [0.4, 0.5) is 13.2 Å². The Morgan fingerprint density at radius 2 is 1.75 bits per heavy atom. The Morgan fingerprint density at radius 1 is 1.08 bits per heavy atom. The lowest BCUT2D eigenvalue weighted by Crippen LogP contribution is -2.30. The summed E-state index contributed by atoms with van der Waals surface area (Å²) in [5.41, 5.74) is -0.826. The van der Waals surface area contributed by atoms with Crippen LogP contribution in [0, 0.1) is 17.5 Å². The van der Waals surface area contributed by atoms with E-state index in [9.17, 15) is 26.4 Å². The summed E-state index contributed by atoms with van der Waals surface area (Å²) >= 11 is 5.49. The van der Waals surface area contributed by atoms with Crippen molar-refractivity contribution in [1.82, 2.24) is 4.72 Å². The highest BCUT2D eigenvalue weighted by Crippen LogP contribution is 2.29. The second-order valence-corrected chi connectivity index (χ2v) is 6.80. The Morgan fingerprint density at radius 3 is 2.33 bits per heavy atom. The van der Waals surface area contributed by atoms with Gasteiger partial charge in [0.2, 0.25) is 10.0 Å². The molecule has 0 aliphatic heterocycles. The highest BCUT2D eigenvalue weighted by Gasteiger charge is 2.20. The third-order valence-corrected chi connectivity index (χ3v) is 3.53. The number of nitrogens with one attached hydrogen (secondary N) is 1. The Balaban J connectivity index is 2.32.